The summed E-state index contributed by atoms with van der Waals surface area (Å²) in [5.74, 6) is 2.23. The number of benzene rings is 1. The van der Waals surface area contributed by atoms with Gasteiger partial charge in [-0.1, -0.05) is 41.9 Å². The number of hydrogen-bond acceptors (Lipinski definition) is 3. The molecule has 3 rings (SSSR count). The second-order valence-corrected chi connectivity index (χ2v) is 7.44. The zero-order valence-electron chi connectivity index (χ0n) is 14.7. The topological polar surface area (TPSA) is 41.6 Å². The summed E-state index contributed by atoms with van der Waals surface area (Å²) >= 11 is 0. The standard InChI is InChI=1S/C19H25BN2O2/c1-19(2,3)24-18(23)22-12-9-15(10-13-22)14-20-11-8-16-6-4-5-7-17(16)21-20/h4-9,11,21H,10,12-14H2,1-3H3. The first-order valence-corrected chi connectivity index (χ1v) is 8.60. The molecule has 2 aliphatic rings. The third kappa shape index (κ3) is 4.22. The Morgan fingerprint density at radius 2 is 2.12 bits per heavy atom. The molecule has 0 spiro atoms. The Morgan fingerprint density at radius 1 is 1.33 bits per heavy atom. The SMILES string of the molecule is CC(C)(C)OC(=O)N1CC=C(CB2C=Cc3ccccc3N2)CC1. The van der Waals surface area contributed by atoms with E-state index in [4.69, 9.17) is 4.74 Å². The van der Waals surface area contributed by atoms with E-state index >= 15 is 0 Å². The smallest absolute Gasteiger partial charge is 0.410 e. The van der Waals surface area contributed by atoms with Gasteiger partial charge in [0.25, 0.3) is 6.85 Å². The fraction of sp³-hybridized carbons (Fsp3) is 0.421. The van der Waals surface area contributed by atoms with Crippen molar-refractivity contribution < 1.29 is 9.53 Å². The Bertz CT molecular complexity index is 676. The van der Waals surface area contributed by atoms with Crippen LogP contribution in [0.2, 0.25) is 6.32 Å². The van der Waals surface area contributed by atoms with Crippen LogP contribution in [0.3, 0.4) is 0 Å². The van der Waals surface area contributed by atoms with Crippen molar-refractivity contribution >= 4 is 24.7 Å². The first kappa shape index (κ1) is 16.7. The van der Waals surface area contributed by atoms with Crippen molar-refractivity contribution in [1.29, 1.82) is 0 Å². The normalized spacial score (nSPS) is 17.0. The van der Waals surface area contributed by atoms with Crippen molar-refractivity contribution in [2.24, 2.45) is 0 Å². The van der Waals surface area contributed by atoms with Crippen molar-refractivity contribution in [3.8, 4) is 0 Å². The molecule has 0 radical (unpaired) electrons. The lowest BCUT2D eigenvalue weighted by Crippen LogP contribution is -2.39. The molecule has 1 amide bonds. The molecule has 2 aliphatic heterocycles. The molecule has 5 heteroatoms. The number of carbonyl (C=O) groups excluding carboxylic acids is 1. The van der Waals surface area contributed by atoms with Gasteiger partial charge < -0.3 is 14.9 Å². The number of rotatable bonds is 2. The average Bonchev–Trinajstić information content (AvgIpc) is 2.54. The number of para-hydroxylation sites is 1. The predicted molar refractivity (Wildman–Crippen MR) is 100 cm³/mol. The van der Waals surface area contributed by atoms with Gasteiger partial charge in [-0.25, -0.2) is 4.79 Å². The van der Waals surface area contributed by atoms with Crippen molar-refractivity contribution in [2.45, 2.75) is 39.1 Å². The largest absolute Gasteiger partial charge is 0.444 e. The number of nitrogens with one attached hydrogen (secondary N) is 1. The van der Waals surface area contributed by atoms with Crippen LogP contribution in [0.4, 0.5) is 10.5 Å². The molecule has 0 unspecified atom stereocenters. The fourth-order valence-corrected chi connectivity index (χ4v) is 3.03. The Labute approximate surface area is 144 Å². The Hall–Kier alpha value is -2.17. The summed E-state index contributed by atoms with van der Waals surface area (Å²) in [6, 6.07) is 8.35. The van der Waals surface area contributed by atoms with Crippen LogP contribution in [-0.2, 0) is 4.74 Å². The highest BCUT2D eigenvalue weighted by Gasteiger charge is 2.25. The fourth-order valence-electron chi connectivity index (χ4n) is 3.03. The molecular weight excluding hydrogens is 299 g/mol. The van der Waals surface area contributed by atoms with Crippen LogP contribution >= 0.6 is 0 Å². The second kappa shape index (κ2) is 6.75. The molecule has 0 aromatic heterocycles. The second-order valence-electron chi connectivity index (χ2n) is 7.44. The maximum atomic E-state index is 12.1. The monoisotopic (exact) mass is 324 g/mol. The molecule has 1 aromatic carbocycles. The number of hydrogen-bond donors (Lipinski definition) is 1. The highest BCUT2D eigenvalue weighted by Crippen LogP contribution is 2.25. The van der Waals surface area contributed by atoms with E-state index in [1.807, 2.05) is 20.8 Å². The van der Waals surface area contributed by atoms with Crippen molar-refractivity contribution in [1.82, 2.24) is 4.90 Å². The third-order valence-electron chi connectivity index (χ3n) is 4.25. The molecule has 2 heterocycles. The molecule has 0 saturated carbocycles. The Kier molecular flexibility index (Phi) is 4.70. The lowest BCUT2D eigenvalue weighted by molar-refractivity contribution is 0.0266. The van der Waals surface area contributed by atoms with Crippen molar-refractivity contribution in [3.63, 3.8) is 0 Å². The highest BCUT2D eigenvalue weighted by atomic mass is 16.6. The molecule has 0 fully saturated rings. The number of ether oxygens (including phenoxy) is 1. The minimum atomic E-state index is -0.439. The summed E-state index contributed by atoms with van der Waals surface area (Å²) in [6.07, 6.45) is 6.03. The van der Waals surface area contributed by atoms with Crippen LogP contribution < -0.4 is 5.23 Å². The maximum Gasteiger partial charge on any atom is 0.410 e. The van der Waals surface area contributed by atoms with Crippen molar-refractivity contribution in [2.75, 3.05) is 18.3 Å². The van der Waals surface area contributed by atoms with Gasteiger partial charge in [-0.2, -0.15) is 0 Å². The molecular formula is C19H25BN2O2. The summed E-state index contributed by atoms with van der Waals surface area (Å²) in [5, 5.41) is 3.58. The van der Waals surface area contributed by atoms with E-state index in [1.165, 1.54) is 16.8 Å². The lowest BCUT2D eigenvalue weighted by Gasteiger charge is -2.30. The minimum Gasteiger partial charge on any atom is -0.444 e. The van der Waals surface area contributed by atoms with Gasteiger partial charge in [-0.3, -0.25) is 0 Å². The van der Waals surface area contributed by atoms with Crippen LogP contribution in [0.15, 0.2) is 41.9 Å². The molecule has 1 N–H and O–H groups in total. The minimum absolute atomic E-state index is 0.220. The lowest BCUT2D eigenvalue weighted by atomic mass is 9.55. The molecule has 0 bridgehead atoms. The quantitative estimate of drug-likeness (QED) is 0.654. The van der Waals surface area contributed by atoms with Gasteiger partial charge in [-0.15, -0.1) is 0 Å². The summed E-state index contributed by atoms with van der Waals surface area (Å²) in [7, 11) is 0. The van der Waals surface area contributed by atoms with E-state index in [1.54, 1.807) is 4.90 Å². The summed E-state index contributed by atoms with van der Waals surface area (Å²) in [5.41, 5.74) is 3.39. The van der Waals surface area contributed by atoms with E-state index in [0.29, 0.717) is 13.4 Å². The van der Waals surface area contributed by atoms with E-state index in [-0.39, 0.29) is 6.09 Å². The van der Waals surface area contributed by atoms with Gasteiger partial charge in [0.05, 0.1) is 0 Å². The van der Waals surface area contributed by atoms with Gasteiger partial charge in [0, 0.05) is 18.8 Å². The number of nitrogens with zero attached hydrogens (tertiary/aromatic N) is 1. The van der Waals surface area contributed by atoms with E-state index < -0.39 is 5.60 Å². The molecule has 4 nitrogen and oxygen atoms in total. The van der Waals surface area contributed by atoms with Crippen molar-refractivity contribution in [3.05, 3.63) is 47.5 Å². The first-order chi connectivity index (χ1) is 11.4. The number of fused-ring (bicyclic) bond motifs is 1. The molecule has 1 aromatic rings. The molecule has 126 valence electrons. The summed E-state index contributed by atoms with van der Waals surface area (Å²) < 4.78 is 5.44. The van der Waals surface area contributed by atoms with Crippen LogP contribution in [0.1, 0.15) is 32.8 Å². The Morgan fingerprint density at radius 3 is 2.83 bits per heavy atom. The first-order valence-electron chi connectivity index (χ1n) is 8.60. The van der Waals surface area contributed by atoms with Crippen LogP contribution in [0.5, 0.6) is 0 Å². The molecule has 24 heavy (non-hydrogen) atoms. The van der Waals surface area contributed by atoms with E-state index in [2.05, 4.69) is 47.6 Å². The number of carbonyl (C=O) groups is 1. The maximum absolute atomic E-state index is 12.1. The predicted octanol–water partition coefficient (Wildman–Crippen LogP) is 4.22. The van der Waals surface area contributed by atoms with Crippen LogP contribution in [-0.4, -0.2) is 36.5 Å². The summed E-state index contributed by atoms with van der Waals surface area (Å²) in [4.78, 5) is 13.9. The Balaban J connectivity index is 1.54. The average molecular weight is 324 g/mol. The van der Waals surface area contributed by atoms with Gasteiger partial charge >= 0.3 is 6.09 Å². The van der Waals surface area contributed by atoms with Gasteiger partial charge in [0.2, 0.25) is 0 Å². The van der Waals surface area contributed by atoms with Gasteiger partial charge in [0.1, 0.15) is 5.60 Å². The van der Waals surface area contributed by atoms with Gasteiger partial charge in [-0.05, 0) is 45.1 Å². The zero-order valence-corrected chi connectivity index (χ0v) is 14.7. The molecule has 0 saturated heterocycles. The molecule has 0 atom stereocenters. The molecule has 0 aliphatic carbocycles. The third-order valence-corrected chi connectivity index (χ3v) is 4.25. The van der Waals surface area contributed by atoms with Gasteiger partial charge in [0.15, 0.2) is 0 Å². The highest BCUT2D eigenvalue weighted by molar-refractivity contribution is 6.69. The van der Waals surface area contributed by atoms with Crippen LogP contribution in [0.25, 0.3) is 6.08 Å². The van der Waals surface area contributed by atoms with E-state index in [0.717, 1.165) is 19.3 Å². The number of anilines is 1. The van der Waals surface area contributed by atoms with Crippen LogP contribution in [0, 0.1) is 0 Å². The van der Waals surface area contributed by atoms with E-state index in [9.17, 15) is 4.79 Å². The zero-order chi connectivity index (χ0) is 17.2. The summed E-state index contributed by atoms with van der Waals surface area (Å²) in [6.45, 7) is 7.38. The number of amides is 1.